The number of likely N-dealkylation sites (tertiary alicyclic amines) is 2. The van der Waals surface area contributed by atoms with E-state index in [-0.39, 0.29) is 42.6 Å². The monoisotopic (exact) mass is 960 g/mol. The van der Waals surface area contributed by atoms with Crippen molar-refractivity contribution in [1.29, 1.82) is 0 Å². The third-order valence-electron chi connectivity index (χ3n) is 14.0. The Hall–Kier alpha value is -8.34. The molecule has 4 aromatic heterocycles. The Morgan fingerprint density at radius 3 is 1.69 bits per heavy atom. The highest BCUT2D eigenvalue weighted by atomic mass is 16.5. The molecule has 0 radical (unpaired) electrons. The molecule has 16 nitrogen and oxygen atoms in total. The average molecular weight is 961 g/mol. The van der Waals surface area contributed by atoms with Crippen molar-refractivity contribution in [1.82, 2.24) is 49.6 Å². The van der Waals surface area contributed by atoms with Crippen LogP contribution in [0.4, 0.5) is 0 Å². The molecule has 2 unspecified atom stereocenters. The van der Waals surface area contributed by atoms with Crippen molar-refractivity contribution >= 4 is 23.1 Å². The van der Waals surface area contributed by atoms with Gasteiger partial charge in [0.05, 0.1) is 30.6 Å². The Morgan fingerprint density at radius 2 is 1.17 bits per heavy atom. The second-order valence-electron chi connectivity index (χ2n) is 18.5. The number of hydrogen-bond acceptors (Lipinski definition) is 12. The normalized spacial score (nSPS) is 19.2. The van der Waals surface area contributed by atoms with E-state index in [0.29, 0.717) is 56.8 Å². The minimum absolute atomic E-state index is 0.0120. The van der Waals surface area contributed by atoms with Gasteiger partial charge < -0.3 is 39.4 Å². The Morgan fingerprint density at radius 1 is 0.653 bits per heavy atom. The van der Waals surface area contributed by atoms with E-state index in [0.717, 1.165) is 86.1 Å². The molecule has 12 rings (SSSR count). The molecule has 0 aliphatic carbocycles. The molecule has 8 heterocycles. The van der Waals surface area contributed by atoms with Crippen LogP contribution < -0.4 is 29.6 Å². The molecule has 0 bridgehead atoms. The summed E-state index contributed by atoms with van der Waals surface area (Å²) in [5, 5.41) is 17.0. The number of imidazole rings is 2. The largest absolute Gasteiger partial charge is 0.491 e. The molecule has 2 saturated heterocycles. The van der Waals surface area contributed by atoms with E-state index in [1.807, 2.05) is 91.6 Å². The van der Waals surface area contributed by atoms with Crippen LogP contribution in [0.3, 0.4) is 0 Å². The molecule has 4 aliphatic heterocycles. The number of aromatic nitrogens is 6. The summed E-state index contributed by atoms with van der Waals surface area (Å²) in [6, 6.07) is 40.4. The summed E-state index contributed by atoms with van der Waals surface area (Å²) in [5.74, 6) is 2.42. The van der Waals surface area contributed by atoms with Crippen molar-refractivity contribution in [3.8, 4) is 68.3 Å². The molecule has 2 N–H and O–H groups in total. The smallest absolute Gasteiger partial charge is 0.246 e. The molecule has 362 valence electrons. The lowest BCUT2D eigenvalue weighted by molar-refractivity contribution is -0.125. The summed E-state index contributed by atoms with van der Waals surface area (Å²) >= 11 is 0. The van der Waals surface area contributed by atoms with E-state index in [4.69, 9.17) is 39.1 Å². The summed E-state index contributed by atoms with van der Waals surface area (Å²) in [6.07, 6.45) is 6.40. The Bertz CT molecular complexity index is 3390. The lowest BCUT2D eigenvalue weighted by atomic mass is 10.0. The minimum Gasteiger partial charge on any atom is -0.491 e. The lowest BCUT2D eigenvalue weighted by Gasteiger charge is -2.19. The summed E-state index contributed by atoms with van der Waals surface area (Å²) < 4.78 is 27.7. The van der Waals surface area contributed by atoms with Crippen LogP contribution in [0.5, 0.6) is 23.3 Å². The first-order valence-electron chi connectivity index (χ1n) is 24.4. The van der Waals surface area contributed by atoms with Gasteiger partial charge in [0.25, 0.3) is 0 Å². The number of rotatable bonds is 14. The zero-order valence-corrected chi connectivity index (χ0v) is 39.7. The van der Waals surface area contributed by atoms with Gasteiger partial charge in [-0.05, 0) is 49.3 Å². The molecule has 16 heteroatoms. The van der Waals surface area contributed by atoms with E-state index in [9.17, 15) is 9.59 Å². The molecule has 8 aromatic rings. The molecule has 2 amide bonds. The maximum Gasteiger partial charge on any atom is 0.246 e. The van der Waals surface area contributed by atoms with Gasteiger partial charge in [-0.3, -0.25) is 9.59 Å². The van der Waals surface area contributed by atoms with Gasteiger partial charge in [0, 0.05) is 89.9 Å². The molecule has 2 fully saturated rings. The topological polar surface area (TPSA) is 162 Å². The summed E-state index contributed by atoms with van der Waals surface area (Å²) in [6.45, 7) is 7.39. The van der Waals surface area contributed by atoms with E-state index in [1.54, 1.807) is 25.3 Å². The standard InChI is InChI=1S/C56H52N10O6/c1-3-51(67)63-26-24-39(31-63)57-43-33-71-46-30-38(17-19-41(43)46)54-56(36-13-8-5-9-14-36)66-48(60-54)21-23-50(62-66)70-28-10-15-52(68)64-27-25-40(32-64)58-44-34-72-45-29-37(16-18-42(44)45)53-55(35-11-6-4-7-12-35)65-47(59-53)20-22-49(61-65)69-2/h3-23,29-30,39-40,43-44,57-58H,1,24-28,31-34H2,2H3/b15-10+/t39?,40?,43-,44-/m0/s1. The van der Waals surface area contributed by atoms with Gasteiger partial charge in [0.1, 0.15) is 42.7 Å². The summed E-state index contributed by atoms with van der Waals surface area (Å²) in [4.78, 5) is 39.3. The van der Waals surface area contributed by atoms with Crippen LogP contribution in [-0.4, -0.2) is 116 Å². The molecule has 4 aromatic carbocycles. The number of fused-ring (bicyclic) bond motifs is 4. The first-order chi connectivity index (χ1) is 35.4. The van der Waals surface area contributed by atoms with Gasteiger partial charge >= 0.3 is 0 Å². The van der Waals surface area contributed by atoms with E-state index in [1.165, 1.54) is 6.08 Å². The fraction of sp³-hybridized carbons (Fsp3) is 0.250. The van der Waals surface area contributed by atoms with Crippen LogP contribution in [0.1, 0.15) is 36.1 Å². The maximum atomic E-state index is 13.4. The fourth-order valence-corrected chi connectivity index (χ4v) is 10.4. The van der Waals surface area contributed by atoms with Gasteiger partial charge in [-0.2, -0.15) is 0 Å². The highest BCUT2D eigenvalue weighted by Crippen LogP contribution is 2.41. The van der Waals surface area contributed by atoms with Gasteiger partial charge in [-0.25, -0.2) is 19.0 Å². The number of carbonyl (C=O) groups is 2. The van der Waals surface area contributed by atoms with Crippen molar-refractivity contribution in [2.45, 2.75) is 37.0 Å². The number of benzene rings is 4. The van der Waals surface area contributed by atoms with Crippen LogP contribution in [0, 0.1) is 0 Å². The third kappa shape index (κ3) is 8.58. The van der Waals surface area contributed by atoms with Crippen molar-refractivity contribution in [2.75, 3.05) is 53.1 Å². The maximum absolute atomic E-state index is 13.4. The Kier molecular flexibility index (Phi) is 11.9. The van der Waals surface area contributed by atoms with Crippen molar-refractivity contribution in [3.05, 3.63) is 157 Å². The van der Waals surface area contributed by atoms with Crippen LogP contribution in [-0.2, 0) is 9.59 Å². The number of nitrogens with one attached hydrogen (secondary N) is 2. The highest BCUT2D eigenvalue weighted by Gasteiger charge is 2.34. The fourth-order valence-electron chi connectivity index (χ4n) is 10.4. The first kappa shape index (κ1) is 44.8. The SMILES string of the molecule is C=CC(=O)N1CCC(N[C@H]2COc3cc(-c4nc5ccc(OC/C=C/C(=O)N6CCC(N[C@H]7COc8cc(-c9nc%10ccc(OC)nn%10c9-c9ccccc9)ccc87)C6)nn5c4-c4ccccc4)ccc32)C1. The van der Waals surface area contributed by atoms with E-state index >= 15 is 0 Å². The number of nitrogens with zero attached hydrogens (tertiary/aromatic N) is 8. The zero-order chi connectivity index (χ0) is 48.7. The second kappa shape index (κ2) is 19.1. The third-order valence-corrected chi connectivity index (χ3v) is 14.0. The molecule has 4 atom stereocenters. The lowest BCUT2D eigenvalue weighted by Crippen LogP contribution is -2.37. The van der Waals surface area contributed by atoms with Crippen LogP contribution >= 0.6 is 0 Å². The predicted molar refractivity (Wildman–Crippen MR) is 272 cm³/mol. The number of carbonyl (C=O) groups excluding carboxylic acids is 2. The summed E-state index contributed by atoms with van der Waals surface area (Å²) in [7, 11) is 1.61. The summed E-state index contributed by atoms with van der Waals surface area (Å²) in [5.41, 5.74) is 10.6. The number of methoxy groups -OCH3 is 1. The van der Waals surface area contributed by atoms with Crippen LogP contribution in [0.25, 0.3) is 56.3 Å². The van der Waals surface area contributed by atoms with Gasteiger partial charge in [0.2, 0.25) is 23.6 Å². The molecule has 4 aliphatic rings. The van der Waals surface area contributed by atoms with Gasteiger partial charge in [-0.15, -0.1) is 10.2 Å². The quantitative estimate of drug-likeness (QED) is 0.103. The molecule has 72 heavy (non-hydrogen) atoms. The highest BCUT2D eigenvalue weighted by molar-refractivity contribution is 5.88. The Labute approximate surface area is 415 Å². The van der Waals surface area contributed by atoms with Crippen LogP contribution in [0.2, 0.25) is 0 Å². The number of ether oxygens (including phenoxy) is 4. The van der Waals surface area contributed by atoms with Gasteiger partial charge in [-0.1, -0.05) is 91.5 Å². The number of amides is 2. The van der Waals surface area contributed by atoms with E-state index < -0.39 is 0 Å². The molecule has 0 spiro atoms. The zero-order valence-electron chi connectivity index (χ0n) is 39.7. The van der Waals surface area contributed by atoms with Crippen LogP contribution in [0.15, 0.2) is 146 Å². The predicted octanol–water partition coefficient (Wildman–Crippen LogP) is 7.52. The number of hydrogen-bond donors (Lipinski definition) is 2. The average Bonchev–Trinajstić information content (AvgIpc) is 4.31. The van der Waals surface area contributed by atoms with Crippen molar-refractivity contribution in [2.24, 2.45) is 0 Å². The molecule has 0 saturated carbocycles. The first-order valence-corrected chi connectivity index (χ1v) is 24.4. The Balaban J connectivity index is 0.684. The minimum atomic E-state index is -0.0657. The second-order valence-corrected chi connectivity index (χ2v) is 18.5. The van der Waals surface area contributed by atoms with Crippen molar-refractivity contribution in [3.63, 3.8) is 0 Å². The van der Waals surface area contributed by atoms with Crippen molar-refractivity contribution < 1.29 is 28.5 Å². The molecular formula is C56H52N10O6. The van der Waals surface area contributed by atoms with E-state index in [2.05, 4.69) is 59.7 Å². The van der Waals surface area contributed by atoms with Gasteiger partial charge in [0.15, 0.2) is 11.3 Å². The molecular weight excluding hydrogens is 909 g/mol.